The number of hydrogen-bond donors (Lipinski definition) is 2. The highest BCUT2D eigenvalue weighted by Gasteiger charge is 2.32. The van der Waals surface area contributed by atoms with Gasteiger partial charge in [-0.05, 0) is 13.8 Å². The molecule has 1 unspecified atom stereocenters. The number of likely N-dealkylation sites (N-methyl/N-ethyl adjacent to an activating group) is 1. The number of nitrogens with zero attached hydrogens (tertiary/aromatic N) is 1. The van der Waals surface area contributed by atoms with Gasteiger partial charge in [0.05, 0.1) is 18.8 Å². The Labute approximate surface area is 90.4 Å². The number of amides is 1. The van der Waals surface area contributed by atoms with E-state index < -0.39 is 11.6 Å². The molecule has 1 heterocycles. The van der Waals surface area contributed by atoms with E-state index in [0.29, 0.717) is 13.2 Å². The standard InChI is InChI=1S/C10H20N2O3/c1-10(2,7-13)12(3)9(14)8-6-11-4-5-15-8/h8,11,13H,4-7H2,1-3H3. The molecule has 0 spiro atoms. The van der Waals surface area contributed by atoms with E-state index in [-0.39, 0.29) is 12.5 Å². The summed E-state index contributed by atoms with van der Waals surface area (Å²) in [7, 11) is 1.69. The van der Waals surface area contributed by atoms with Crippen molar-refractivity contribution in [1.29, 1.82) is 0 Å². The number of nitrogens with one attached hydrogen (secondary N) is 1. The van der Waals surface area contributed by atoms with E-state index in [1.807, 2.05) is 13.8 Å². The van der Waals surface area contributed by atoms with Crippen molar-refractivity contribution < 1.29 is 14.6 Å². The Kier molecular flexibility index (Phi) is 4.07. The molecule has 15 heavy (non-hydrogen) atoms. The Balaban J connectivity index is 2.58. The lowest BCUT2D eigenvalue weighted by atomic mass is 10.0. The Hall–Kier alpha value is -0.650. The smallest absolute Gasteiger partial charge is 0.253 e. The van der Waals surface area contributed by atoms with Crippen LogP contribution in [0.5, 0.6) is 0 Å². The molecule has 1 fully saturated rings. The van der Waals surface area contributed by atoms with Crippen LogP contribution < -0.4 is 5.32 Å². The van der Waals surface area contributed by atoms with E-state index in [1.165, 1.54) is 0 Å². The van der Waals surface area contributed by atoms with Crippen molar-refractivity contribution in [3.8, 4) is 0 Å². The molecule has 1 rings (SSSR count). The van der Waals surface area contributed by atoms with Gasteiger partial charge in [-0.15, -0.1) is 0 Å². The molecule has 0 radical (unpaired) electrons. The van der Waals surface area contributed by atoms with Gasteiger partial charge in [-0.3, -0.25) is 4.79 Å². The van der Waals surface area contributed by atoms with E-state index in [1.54, 1.807) is 11.9 Å². The molecule has 5 nitrogen and oxygen atoms in total. The maximum absolute atomic E-state index is 12.0. The molecule has 5 heteroatoms. The maximum Gasteiger partial charge on any atom is 0.253 e. The molecule has 1 atom stereocenters. The molecule has 88 valence electrons. The van der Waals surface area contributed by atoms with Gasteiger partial charge >= 0.3 is 0 Å². The van der Waals surface area contributed by atoms with Crippen LogP contribution in [0.3, 0.4) is 0 Å². The lowest BCUT2D eigenvalue weighted by molar-refractivity contribution is -0.150. The Morgan fingerprint density at radius 2 is 2.33 bits per heavy atom. The normalized spacial score (nSPS) is 22.5. The molecular weight excluding hydrogens is 196 g/mol. The Morgan fingerprint density at radius 1 is 1.67 bits per heavy atom. The van der Waals surface area contributed by atoms with E-state index in [0.717, 1.165) is 6.54 Å². The summed E-state index contributed by atoms with van der Waals surface area (Å²) in [4.78, 5) is 13.5. The van der Waals surface area contributed by atoms with Crippen molar-refractivity contribution in [2.75, 3.05) is 33.4 Å². The molecule has 2 N–H and O–H groups in total. The first kappa shape index (κ1) is 12.4. The number of ether oxygens (including phenoxy) is 1. The summed E-state index contributed by atoms with van der Waals surface area (Å²) in [6.45, 7) is 5.48. The number of rotatable bonds is 3. The highest BCUT2D eigenvalue weighted by molar-refractivity contribution is 5.81. The minimum atomic E-state index is -0.544. The average molecular weight is 216 g/mol. The van der Waals surface area contributed by atoms with Gasteiger partial charge in [0.2, 0.25) is 0 Å². The van der Waals surface area contributed by atoms with Gasteiger partial charge in [0.1, 0.15) is 6.10 Å². The second-order valence-corrected chi connectivity index (χ2v) is 4.43. The zero-order valence-corrected chi connectivity index (χ0v) is 9.62. The predicted molar refractivity (Wildman–Crippen MR) is 56.5 cm³/mol. The highest BCUT2D eigenvalue weighted by atomic mass is 16.5. The van der Waals surface area contributed by atoms with Crippen LogP contribution in [-0.4, -0.2) is 60.9 Å². The third-order valence-electron chi connectivity index (χ3n) is 2.83. The molecule has 0 saturated carbocycles. The minimum Gasteiger partial charge on any atom is -0.394 e. The third kappa shape index (κ3) is 2.90. The van der Waals surface area contributed by atoms with E-state index in [2.05, 4.69) is 5.32 Å². The van der Waals surface area contributed by atoms with Gasteiger partial charge in [-0.2, -0.15) is 0 Å². The summed E-state index contributed by atoms with van der Waals surface area (Å²) in [5.41, 5.74) is -0.544. The van der Waals surface area contributed by atoms with Crippen molar-refractivity contribution >= 4 is 5.91 Å². The van der Waals surface area contributed by atoms with Crippen molar-refractivity contribution in [2.24, 2.45) is 0 Å². The molecule has 1 amide bonds. The van der Waals surface area contributed by atoms with Crippen LogP contribution in [0.25, 0.3) is 0 Å². The predicted octanol–water partition coefficient (Wildman–Crippen LogP) is -0.796. The van der Waals surface area contributed by atoms with Crippen LogP contribution in [0.1, 0.15) is 13.8 Å². The number of carbonyl (C=O) groups is 1. The topological polar surface area (TPSA) is 61.8 Å². The van der Waals surface area contributed by atoms with Crippen molar-refractivity contribution in [1.82, 2.24) is 10.2 Å². The van der Waals surface area contributed by atoms with Crippen molar-refractivity contribution in [2.45, 2.75) is 25.5 Å². The SMILES string of the molecule is CN(C(=O)C1CNCCO1)C(C)(C)CO. The first-order valence-electron chi connectivity index (χ1n) is 5.20. The third-order valence-corrected chi connectivity index (χ3v) is 2.83. The molecule has 1 saturated heterocycles. The van der Waals surface area contributed by atoms with Crippen LogP contribution in [0.4, 0.5) is 0 Å². The largest absolute Gasteiger partial charge is 0.394 e. The fourth-order valence-electron chi connectivity index (χ4n) is 1.34. The lowest BCUT2D eigenvalue weighted by Gasteiger charge is -2.37. The maximum atomic E-state index is 12.0. The zero-order valence-electron chi connectivity index (χ0n) is 9.62. The number of morpholine rings is 1. The van der Waals surface area contributed by atoms with Gasteiger partial charge in [-0.25, -0.2) is 0 Å². The van der Waals surface area contributed by atoms with Crippen LogP contribution in [0.2, 0.25) is 0 Å². The minimum absolute atomic E-state index is 0.0601. The van der Waals surface area contributed by atoms with Crippen LogP contribution in [-0.2, 0) is 9.53 Å². The fraction of sp³-hybridized carbons (Fsp3) is 0.900. The van der Waals surface area contributed by atoms with Crippen molar-refractivity contribution in [3.05, 3.63) is 0 Å². The van der Waals surface area contributed by atoms with Crippen LogP contribution >= 0.6 is 0 Å². The number of aliphatic hydroxyl groups excluding tert-OH is 1. The summed E-state index contributed by atoms with van der Waals surface area (Å²) in [5.74, 6) is -0.0822. The van der Waals surface area contributed by atoms with E-state index >= 15 is 0 Å². The summed E-state index contributed by atoms with van der Waals surface area (Å²) in [5, 5.41) is 12.3. The number of hydrogen-bond acceptors (Lipinski definition) is 4. The summed E-state index contributed by atoms with van der Waals surface area (Å²) < 4.78 is 5.37. The first-order valence-corrected chi connectivity index (χ1v) is 5.20. The van der Waals surface area contributed by atoms with Gasteiger partial charge in [0.25, 0.3) is 5.91 Å². The lowest BCUT2D eigenvalue weighted by Crippen LogP contribution is -2.55. The number of aliphatic hydroxyl groups is 1. The van der Waals surface area contributed by atoms with Gasteiger partial charge in [0.15, 0.2) is 0 Å². The molecule has 0 bridgehead atoms. The zero-order chi connectivity index (χ0) is 11.5. The summed E-state index contributed by atoms with van der Waals surface area (Å²) >= 11 is 0. The average Bonchev–Trinajstić information content (AvgIpc) is 2.28. The molecule has 0 aliphatic carbocycles. The van der Waals surface area contributed by atoms with Crippen LogP contribution in [0.15, 0.2) is 0 Å². The molecule has 0 aromatic carbocycles. The van der Waals surface area contributed by atoms with E-state index in [9.17, 15) is 4.79 Å². The summed E-state index contributed by atoms with van der Waals surface area (Å²) in [6.07, 6.45) is -0.422. The van der Waals surface area contributed by atoms with Crippen LogP contribution in [0, 0.1) is 0 Å². The van der Waals surface area contributed by atoms with Crippen molar-refractivity contribution in [3.63, 3.8) is 0 Å². The first-order chi connectivity index (χ1) is 6.99. The van der Waals surface area contributed by atoms with Gasteiger partial charge in [0, 0.05) is 20.1 Å². The number of carbonyl (C=O) groups excluding carboxylic acids is 1. The van der Waals surface area contributed by atoms with Gasteiger partial charge < -0.3 is 20.1 Å². The fourth-order valence-corrected chi connectivity index (χ4v) is 1.34. The second kappa shape index (κ2) is 4.92. The van der Waals surface area contributed by atoms with Gasteiger partial charge in [-0.1, -0.05) is 0 Å². The molecule has 1 aliphatic rings. The monoisotopic (exact) mass is 216 g/mol. The molecule has 0 aromatic rings. The Morgan fingerprint density at radius 3 is 2.80 bits per heavy atom. The molecule has 0 aromatic heterocycles. The quantitative estimate of drug-likeness (QED) is 0.648. The second-order valence-electron chi connectivity index (χ2n) is 4.43. The van der Waals surface area contributed by atoms with E-state index in [4.69, 9.17) is 9.84 Å². The highest BCUT2D eigenvalue weighted by Crippen LogP contribution is 2.13. The molecular formula is C10H20N2O3. The molecule has 1 aliphatic heterocycles. The Bertz CT molecular complexity index is 225. The summed E-state index contributed by atoms with van der Waals surface area (Å²) in [6, 6.07) is 0.